The van der Waals surface area contributed by atoms with Gasteiger partial charge in [0.1, 0.15) is 5.01 Å². The Morgan fingerprint density at radius 2 is 2.35 bits per heavy atom. The smallest absolute Gasteiger partial charge is 0.112 e. The molecule has 2 heterocycles. The zero-order valence-electron chi connectivity index (χ0n) is 10.4. The van der Waals surface area contributed by atoms with Gasteiger partial charge in [-0.2, -0.15) is 0 Å². The molecule has 17 heavy (non-hydrogen) atoms. The normalized spacial score (nSPS) is 12.8. The quantitative estimate of drug-likeness (QED) is 0.852. The van der Waals surface area contributed by atoms with Crippen molar-refractivity contribution in [1.82, 2.24) is 14.9 Å². The monoisotopic (exact) mass is 249 g/mol. The predicted molar refractivity (Wildman–Crippen MR) is 72.4 cm³/mol. The van der Waals surface area contributed by atoms with Gasteiger partial charge in [0.2, 0.25) is 0 Å². The molecule has 0 spiro atoms. The molecule has 1 atom stereocenters. The van der Waals surface area contributed by atoms with Crippen molar-refractivity contribution in [2.75, 3.05) is 6.54 Å². The summed E-state index contributed by atoms with van der Waals surface area (Å²) in [6.45, 7) is 6.25. The van der Waals surface area contributed by atoms with Gasteiger partial charge >= 0.3 is 0 Å². The molecule has 2 aromatic heterocycles. The van der Waals surface area contributed by atoms with Crippen molar-refractivity contribution in [1.29, 1.82) is 0 Å². The van der Waals surface area contributed by atoms with Crippen LogP contribution in [0.25, 0.3) is 0 Å². The minimum Gasteiger partial charge on any atom is -0.347 e. The van der Waals surface area contributed by atoms with Gasteiger partial charge in [0.05, 0.1) is 6.54 Å². The molecule has 0 aliphatic carbocycles. The molecule has 1 N–H and O–H groups in total. The second-order valence-corrected chi connectivity index (χ2v) is 5.04. The van der Waals surface area contributed by atoms with E-state index in [4.69, 9.17) is 0 Å². The molecule has 92 valence electrons. The molecule has 4 heteroatoms. The number of thiazole rings is 1. The van der Waals surface area contributed by atoms with Gasteiger partial charge in [0.15, 0.2) is 0 Å². The number of nitrogens with one attached hydrogen (secondary N) is 1. The molecule has 3 nitrogen and oxygen atoms in total. The third-order valence-corrected chi connectivity index (χ3v) is 3.60. The van der Waals surface area contributed by atoms with E-state index in [1.807, 2.05) is 11.6 Å². The van der Waals surface area contributed by atoms with Crippen LogP contribution in [0.5, 0.6) is 0 Å². The van der Waals surface area contributed by atoms with Gasteiger partial charge in [-0.15, -0.1) is 11.3 Å². The Kier molecular flexibility index (Phi) is 4.34. The first-order chi connectivity index (χ1) is 8.33. The molecule has 0 aromatic carbocycles. The van der Waals surface area contributed by atoms with Gasteiger partial charge < -0.3 is 9.88 Å². The van der Waals surface area contributed by atoms with Gasteiger partial charge in [0.25, 0.3) is 0 Å². The maximum absolute atomic E-state index is 4.30. The lowest BCUT2D eigenvalue weighted by atomic mass is 10.1. The number of hydrogen-bond donors (Lipinski definition) is 1. The Bertz CT molecular complexity index is 433. The number of aromatic nitrogens is 2. The third kappa shape index (κ3) is 3.17. The fourth-order valence-corrected chi connectivity index (χ4v) is 2.62. The lowest BCUT2D eigenvalue weighted by Gasteiger charge is -2.13. The molecule has 0 amide bonds. The van der Waals surface area contributed by atoms with E-state index in [0.717, 1.165) is 24.5 Å². The Labute approximate surface area is 107 Å². The summed E-state index contributed by atoms with van der Waals surface area (Å²) < 4.78 is 2.20. The highest BCUT2D eigenvalue weighted by Gasteiger charge is 2.09. The Balaban J connectivity index is 2.04. The van der Waals surface area contributed by atoms with Crippen molar-refractivity contribution in [2.24, 2.45) is 0 Å². The zero-order chi connectivity index (χ0) is 12.1. The lowest BCUT2D eigenvalue weighted by Crippen LogP contribution is -2.19. The average Bonchev–Trinajstić information content (AvgIpc) is 2.98. The van der Waals surface area contributed by atoms with E-state index in [-0.39, 0.29) is 0 Å². The first-order valence-corrected chi connectivity index (χ1v) is 6.98. The van der Waals surface area contributed by atoms with E-state index >= 15 is 0 Å². The van der Waals surface area contributed by atoms with Crippen LogP contribution >= 0.6 is 11.3 Å². The van der Waals surface area contributed by atoms with E-state index in [1.165, 1.54) is 5.56 Å². The van der Waals surface area contributed by atoms with Crippen LogP contribution in [0.4, 0.5) is 0 Å². The fraction of sp³-hybridized carbons (Fsp3) is 0.462. The molecule has 0 saturated heterocycles. The van der Waals surface area contributed by atoms with Crippen LogP contribution in [0.2, 0.25) is 0 Å². The van der Waals surface area contributed by atoms with Crippen molar-refractivity contribution in [3.63, 3.8) is 0 Å². The fourth-order valence-electron chi connectivity index (χ4n) is 2.00. The van der Waals surface area contributed by atoms with Crippen molar-refractivity contribution in [3.8, 4) is 0 Å². The highest BCUT2D eigenvalue weighted by molar-refractivity contribution is 7.09. The Hall–Kier alpha value is -1.13. The van der Waals surface area contributed by atoms with Crippen molar-refractivity contribution in [2.45, 2.75) is 32.9 Å². The van der Waals surface area contributed by atoms with Crippen molar-refractivity contribution in [3.05, 3.63) is 40.6 Å². The Morgan fingerprint density at radius 1 is 1.47 bits per heavy atom. The molecule has 0 aliphatic heterocycles. The highest BCUT2D eigenvalue weighted by Crippen LogP contribution is 2.17. The van der Waals surface area contributed by atoms with Crippen LogP contribution in [0.15, 0.2) is 30.0 Å². The predicted octanol–water partition coefficient (Wildman–Crippen LogP) is 3.05. The van der Waals surface area contributed by atoms with Crippen LogP contribution < -0.4 is 5.32 Å². The van der Waals surface area contributed by atoms with Crippen LogP contribution in [-0.4, -0.2) is 16.1 Å². The molecular formula is C13H19N3S. The molecule has 0 bridgehead atoms. The summed E-state index contributed by atoms with van der Waals surface area (Å²) in [6, 6.07) is 2.67. The maximum atomic E-state index is 4.30. The van der Waals surface area contributed by atoms with Crippen LogP contribution in [0.3, 0.4) is 0 Å². The molecule has 2 rings (SSSR count). The van der Waals surface area contributed by atoms with Gasteiger partial charge in [0, 0.05) is 30.0 Å². The topological polar surface area (TPSA) is 29.9 Å². The van der Waals surface area contributed by atoms with Crippen molar-refractivity contribution >= 4 is 11.3 Å². The zero-order valence-corrected chi connectivity index (χ0v) is 11.2. The summed E-state index contributed by atoms with van der Waals surface area (Å²) >= 11 is 1.70. The van der Waals surface area contributed by atoms with Crippen LogP contribution in [-0.2, 0) is 6.54 Å². The summed E-state index contributed by atoms with van der Waals surface area (Å²) in [5.41, 5.74) is 1.37. The minimum absolute atomic E-state index is 0.470. The molecule has 1 unspecified atom stereocenters. The summed E-state index contributed by atoms with van der Waals surface area (Å²) in [4.78, 5) is 4.30. The molecular weight excluding hydrogens is 230 g/mol. The average molecular weight is 249 g/mol. The van der Waals surface area contributed by atoms with E-state index in [0.29, 0.717) is 6.04 Å². The van der Waals surface area contributed by atoms with Gasteiger partial charge in [-0.1, -0.05) is 13.8 Å². The minimum atomic E-state index is 0.470. The highest BCUT2D eigenvalue weighted by atomic mass is 32.1. The number of hydrogen-bond acceptors (Lipinski definition) is 3. The van der Waals surface area contributed by atoms with Crippen LogP contribution in [0.1, 0.15) is 36.9 Å². The maximum Gasteiger partial charge on any atom is 0.112 e. The standard InChI is InChI=1S/C13H19N3S/c1-3-12(14-4-2)11-5-7-16(9-11)10-13-15-6-8-17-13/h5-9,12,14H,3-4,10H2,1-2H3. The van der Waals surface area contributed by atoms with E-state index < -0.39 is 0 Å². The second kappa shape index (κ2) is 5.98. The molecule has 0 fully saturated rings. The van der Waals surface area contributed by atoms with E-state index in [9.17, 15) is 0 Å². The number of nitrogens with zero attached hydrogens (tertiary/aromatic N) is 2. The van der Waals surface area contributed by atoms with Crippen molar-refractivity contribution < 1.29 is 0 Å². The summed E-state index contributed by atoms with van der Waals surface area (Å²) in [7, 11) is 0. The Morgan fingerprint density at radius 3 is 3.00 bits per heavy atom. The third-order valence-electron chi connectivity index (χ3n) is 2.84. The summed E-state index contributed by atoms with van der Waals surface area (Å²) in [6.07, 6.45) is 7.34. The van der Waals surface area contributed by atoms with Gasteiger partial charge in [-0.05, 0) is 24.6 Å². The lowest BCUT2D eigenvalue weighted by molar-refractivity contribution is 0.536. The molecule has 0 saturated carbocycles. The van der Waals surface area contributed by atoms with Gasteiger partial charge in [-0.25, -0.2) is 4.98 Å². The molecule has 2 aromatic rings. The van der Waals surface area contributed by atoms with E-state index in [1.54, 1.807) is 11.3 Å². The first kappa shape index (κ1) is 12.3. The second-order valence-electron chi connectivity index (χ2n) is 4.06. The molecule has 0 aliphatic rings. The summed E-state index contributed by atoms with van der Waals surface area (Å²) in [5, 5.41) is 6.67. The molecule has 0 radical (unpaired) electrons. The summed E-state index contributed by atoms with van der Waals surface area (Å²) in [5.74, 6) is 0. The SMILES string of the molecule is CCNC(CC)c1ccn(Cc2nccs2)c1. The first-order valence-electron chi connectivity index (χ1n) is 6.11. The number of rotatable bonds is 6. The van der Waals surface area contributed by atoms with Gasteiger partial charge in [-0.3, -0.25) is 0 Å². The van der Waals surface area contributed by atoms with E-state index in [2.05, 4.69) is 47.2 Å². The largest absolute Gasteiger partial charge is 0.347 e. The van der Waals surface area contributed by atoms with Crippen LogP contribution in [0, 0.1) is 0 Å².